The molecular formula is C28H36N2O4. The van der Waals surface area contributed by atoms with E-state index in [4.69, 9.17) is 15.2 Å². The molecule has 34 heavy (non-hydrogen) atoms. The quantitative estimate of drug-likeness (QED) is 0.659. The minimum atomic E-state index is -0.839. The molecule has 0 radical (unpaired) electrons. The molecule has 2 saturated heterocycles. The first-order valence-corrected chi connectivity index (χ1v) is 12.1. The monoisotopic (exact) mass is 464 g/mol. The summed E-state index contributed by atoms with van der Waals surface area (Å²) in [6, 6.07) is 16.0. The number of nitrogens with zero attached hydrogens (tertiary/aromatic N) is 1. The van der Waals surface area contributed by atoms with Gasteiger partial charge in [-0.05, 0) is 75.4 Å². The lowest BCUT2D eigenvalue weighted by atomic mass is 9.76. The van der Waals surface area contributed by atoms with Crippen molar-refractivity contribution < 1.29 is 19.1 Å². The van der Waals surface area contributed by atoms with Gasteiger partial charge in [0.1, 0.15) is 11.6 Å². The number of methoxy groups -OCH3 is 1. The molecule has 5 atom stereocenters. The molecular weight excluding hydrogens is 428 g/mol. The van der Waals surface area contributed by atoms with E-state index in [1.54, 1.807) is 0 Å². The lowest BCUT2D eigenvalue weighted by Gasteiger charge is -2.41. The van der Waals surface area contributed by atoms with Crippen molar-refractivity contribution in [2.24, 2.45) is 11.7 Å². The standard InChI is InChI=1S/C28H36N2O4/c1-28(2,3)34-27(32)25(29)20-8-6-7-19(15-20)17-9-11-18(12-10-17)22-16-21-13-14-23(30(21)4)24(22)26(31)33-5/h6-12,15,21-25H,13-14,16,29H2,1-5H3/t21-,22+,23+,24-,25?/m0/s1. The fourth-order valence-corrected chi connectivity index (χ4v) is 5.60. The molecule has 2 N–H and O–H groups in total. The van der Waals surface area contributed by atoms with Gasteiger partial charge in [0.25, 0.3) is 0 Å². The first-order valence-electron chi connectivity index (χ1n) is 12.1. The molecule has 2 bridgehead atoms. The summed E-state index contributed by atoms with van der Waals surface area (Å²) in [6.07, 6.45) is 3.14. The number of ether oxygens (including phenoxy) is 2. The second-order valence-electron chi connectivity index (χ2n) is 10.6. The lowest BCUT2D eigenvalue weighted by Crippen LogP contribution is -2.49. The summed E-state index contributed by atoms with van der Waals surface area (Å²) in [5, 5.41) is 0. The van der Waals surface area contributed by atoms with Crippen molar-refractivity contribution in [3.63, 3.8) is 0 Å². The highest BCUT2D eigenvalue weighted by molar-refractivity contribution is 5.79. The lowest BCUT2D eigenvalue weighted by molar-refractivity contribution is -0.156. The Morgan fingerprint density at radius 1 is 1.06 bits per heavy atom. The molecule has 2 aliphatic rings. The zero-order valence-electron chi connectivity index (χ0n) is 20.8. The predicted molar refractivity (Wildman–Crippen MR) is 132 cm³/mol. The molecule has 2 aromatic carbocycles. The molecule has 2 aliphatic heterocycles. The third kappa shape index (κ3) is 4.89. The molecule has 0 spiro atoms. The van der Waals surface area contributed by atoms with Gasteiger partial charge in [-0.3, -0.25) is 9.69 Å². The second kappa shape index (κ2) is 9.51. The number of piperidine rings is 1. The minimum Gasteiger partial charge on any atom is -0.469 e. The summed E-state index contributed by atoms with van der Waals surface area (Å²) in [5.41, 5.74) is 9.51. The van der Waals surface area contributed by atoms with Gasteiger partial charge in [-0.1, -0.05) is 42.5 Å². The second-order valence-corrected chi connectivity index (χ2v) is 10.6. The van der Waals surface area contributed by atoms with E-state index in [2.05, 4.69) is 36.2 Å². The van der Waals surface area contributed by atoms with Gasteiger partial charge in [0.2, 0.25) is 0 Å². The smallest absolute Gasteiger partial charge is 0.328 e. The number of nitrogens with two attached hydrogens (primary N) is 1. The van der Waals surface area contributed by atoms with Crippen molar-refractivity contribution in [2.75, 3.05) is 14.2 Å². The highest BCUT2D eigenvalue weighted by Gasteiger charge is 2.49. The van der Waals surface area contributed by atoms with Crippen LogP contribution in [0, 0.1) is 5.92 Å². The Kier molecular flexibility index (Phi) is 6.83. The average molecular weight is 465 g/mol. The minimum absolute atomic E-state index is 0.116. The van der Waals surface area contributed by atoms with Crippen LogP contribution in [0.3, 0.4) is 0 Å². The van der Waals surface area contributed by atoms with E-state index in [1.807, 2.05) is 45.0 Å². The summed E-state index contributed by atoms with van der Waals surface area (Å²) >= 11 is 0. The highest BCUT2D eigenvalue weighted by atomic mass is 16.6. The first-order chi connectivity index (χ1) is 16.1. The Morgan fingerprint density at radius 2 is 1.76 bits per heavy atom. The van der Waals surface area contributed by atoms with Crippen molar-refractivity contribution in [3.8, 4) is 11.1 Å². The summed E-state index contributed by atoms with van der Waals surface area (Å²) in [6.45, 7) is 5.49. The van der Waals surface area contributed by atoms with Crippen LogP contribution in [0.5, 0.6) is 0 Å². The summed E-state index contributed by atoms with van der Waals surface area (Å²) in [7, 11) is 3.62. The summed E-state index contributed by atoms with van der Waals surface area (Å²) in [5.74, 6) is -0.544. The number of hydrogen-bond acceptors (Lipinski definition) is 6. The number of benzene rings is 2. The number of fused-ring (bicyclic) bond motifs is 2. The Balaban J connectivity index is 1.56. The third-order valence-corrected chi connectivity index (χ3v) is 7.32. The van der Waals surface area contributed by atoms with Crippen molar-refractivity contribution in [1.29, 1.82) is 0 Å². The van der Waals surface area contributed by atoms with E-state index in [1.165, 1.54) is 12.7 Å². The van der Waals surface area contributed by atoms with Crippen LogP contribution in [0.15, 0.2) is 48.5 Å². The average Bonchev–Trinajstić information content (AvgIpc) is 3.04. The van der Waals surface area contributed by atoms with Crippen molar-refractivity contribution in [3.05, 3.63) is 59.7 Å². The molecule has 2 fully saturated rings. The zero-order valence-corrected chi connectivity index (χ0v) is 20.8. The van der Waals surface area contributed by atoms with Crippen LogP contribution in [0.4, 0.5) is 0 Å². The largest absolute Gasteiger partial charge is 0.469 e. The maximum atomic E-state index is 12.7. The number of rotatable bonds is 5. The van der Waals surface area contributed by atoms with Crippen LogP contribution in [0.2, 0.25) is 0 Å². The fourth-order valence-electron chi connectivity index (χ4n) is 5.60. The number of carbonyl (C=O) groups is 2. The van der Waals surface area contributed by atoms with Crippen LogP contribution >= 0.6 is 0 Å². The summed E-state index contributed by atoms with van der Waals surface area (Å²) in [4.78, 5) is 27.5. The van der Waals surface area contributed by atoms with Crippen molar-refractivity contribution in [2.45, 2.75) is 69.7 Å². The molecule has 6 heteroatoms. The zero-order chi connectivity index (χ0) is 24.6. The third-order valence-electron chi connectivity index (χ3n) is 7.32. The van der Waals surface area contributed by atoms with Gasteiger partial charge in [-0.15, -0.1) is 0 Å². The predicted octanol–water partition coefficient (Wildman–Crippen LogP) is 4.43. The van der Waals surface area contributed by atoms with Crippen LogP contribution in [0.25, 0.3) is 11.1 Å². The van der Waals surface area contributed by atoms with Crippen LogP contribution in [0.1, 0.15) is 63.1 Å². The molecule has 0 saturated carbocycles. The van der Waals surface area contributed by atoms with E-state index in [0.717, 1.165) is 30.4 Å². The van der Waals surface area contributed by atoms with Gasteiger partial charge >= 0.3 is 11.9 Å². The van der Waals surface area contributed by atoms with Gasteiger partial charge in [-0.2, -0.15) is 0 Å². The van der Waals surface area contributed by atoms with Crippen LogP contribution < -0.4 is 5.73 Å². The van der Waals surface area contributed by atoms with E-state index in [0.29, 0.717) is 11.6 Å². The van der Waals surface area contributed by atoms with Gasteiger partial charge in [-0.25, -0.2) is 4.79 Å². The topological polar surface area (TPSA) is 81.9 Å². The van der Waals surface area contributed by atoms with E-state index >= 15 is 0 Å². The highest BCUT2D eigenvalue weighted by Crippen LogP contribution is 2.46. The Hall–Kier alpha value is -2.70. The van der Waals surface area contributed by atoms with Crippen molar-refractivity contribution in [1.82, 2.24) is 4.90 Å². The fraction of sp³-hybridized carbons (Fsp3) is 0.500. The molecule has 6 nitrogen and oxygen atoms in total. The Labute approximate surface area is 202 Å². The number of esters is 2. The SMILES string of the molecule is COC(=O)[C@H]1[C@@H](c2ccc(-c3cccc(C(N)C(=O)OC(C)(C)C)c3)cc2)C[C@@H]2CC[C@H]1N2C. The Bertz CT molecular complexity index is 1040. The maximum Gasteiger partial charge on any atom is 0.328 e. The number of carbonyl (C=O) groups excluding carboxylic acids is 2. The van der Waals surface area contributed by atoms with Gasteiger partial charge in [0.05, 0.1) is 13.0 Å². The molecule has 182 valence electrons. The summed E-state index contributed by atoms with van der Waals surface area (Å²) < 4.78 is 10.6. The first kappa shape index (κ1) is 24.4. The Morgan fingerprint density at radius 3 is 2.41 bits per heavy atom. The van der Waals surface area contributed by atoms with E-state index in [9.17, 15) is 9.59 Å². The normalized spacial score (nSPS) is 25.6. The molecule has 1 unspecified atom stereocenters. The number of hydrogen-bond donors (Lipinski definition) is 1. The van der Waals surface area contributed by atoms with E-state index in [-0.39, 0.29) is 23.8 Å². The molecule has 0 aromatic heterocycles. The van der Waals surface area contributed by atoms with Crippen LogP contribution in [-0.4, -0.2) is 48.7 Å². The molecule has 0 aliphatic carbocycles. The van der Waals surface area contributed by atoms with Gasteiger partial charge in [0.15, 0.2) is 0 Å². The van der Waals surface area contributed by atoms with Crippen LogP contribution in [-0.2, 0) is 19.1 Å². The van der Waals surface area contributed by atoms with Gasteiger partial charge < -0.3 is 15.2 Å². The molecule has 2 heterocycles. The van der Waals surface area contributed by atoms with E-state index < -0.39 is 17.6 Å². The molecule has 0 amide bonds. The van der Waals surface area contributed by atoms with Gasteiger partial charge in [0, 0.05) is 18.0 Å². The van der Waals surface area contributed by atoms with Crippen molar-refractivity contribution >= 4 is 11.9 Å². The maximum absolute atomic E-state index is 12.7. The molecule has 2 aromatic rings. The molecule has 4 rings (SSSR count).